The van der Waals surface area contributed by atoms with E-state index in [1.807, 2.05) is 0 Å². The third-order valence-electron chi connectivity index (χ3n) is 4.86. The van der Waals surface area contributed by atoms with Crippen molar-refractivity contribution in [2.75, 3.05) is 13.1 Å². The van der Waals surface area contributed by atoms with Crippen molar-refractivity contribution in [1.29, 1.82) is 0 Å². The summed E-state index contributed by atoms with van der Waals surface area (Å²) in [5, 5.41) is 3.53. The fraction of sp³-hybridized carbons (Fsp3) is 0.647. The fourth-order valence-electron chi connectivity index (χ4n) is 3.72. The highest BCUT2D eigenvalue weighted by Crippen LogP contribution is 2.36. The topological polar surface area (TPSA) is 21.3 Å². The van der Waals surface area contributed by atoms with E-state index in [2.05, 4.69) is 5.32 Å². The minimum atomic E-state index is -0.402. The molecular formula is C17H23ClFNO. The van der Waals surface area contributed by atoms with E-state index >= 15 is 0 Å². The first-order valence-corrected chi connectivity index (χ1v) is 8.45. The Kier molecular flexibility index (Phi) is 5.02. The van der Waals surface area contributed by atoms with Crippen LogP contribution in [0.1, 0.15) is 38.5 Å². The van der Waals surface area contributed by atoms with Crippen molar-refractivity contribution in [1.82, 2.24) is 5.32 Å². The molecule has 2 nitrogen and oxygen atoms in total. The van der Waals surface area contributed by atoms with Gasteiger partial charge in [-0.15, -0.1) is 0 Å². The summed E-state index contributed by atoms with van der Waals surface area (Å²) in [6.07, 6.45) is 7.60. The summed E-state index contributed by atoms with van der Waals surface area (Å²) in [6, 6.07) is 4.83. The second kappa shape index (κ2) is 6.97. The number of hydrogen-bond acceptors (Lipinski definition) is 2. The average Bonchev–Trinajstić information content (AvgIpc) is 3.04. The molecule has 0 radical (unpaired) electrons. The van der Waals surface area contributed by atoms with E-state index in [1.54, 1.807) is 12.1 Å². The van der Waals surface area contributed by atoms with Crippen molar-refractivity contribution in [3.05, 3.63) is 29.0 Å². The number of rotatable bonds is 4. The van der Waals surface area contributed by atoms with Crippen molar-refractivity contribution < 1.29 is 9.13 Å². The van der Waals surface area contributed by atoms with Crippen molar-refractivity contribution in [3.63, 3.8) is 0 Å². The molecule has 1 saturated carbocycles. The quantitative estimate of drug-likeness (QED) is 0.889. The Hall–Kier alpha value is -0.800. The first-order chi connectivity index (χ1) is 10.3. The van der Waals surface area contributed by atoms with Gasteiger partial charge in [-0.25, -0.2) is 4.39 Å². The lowest BCUT2D eigenvalue weighted by atomic mass is 9.80. The van der Waals surface area contributed by atoms with E-state index < -0.39 is 5.82 Å². The van der Waals surface area contributed by atoms with Crippen LogP contribution in [0.25, 0.3) is 0 Å². The summed E-state index contributed by atoms with van der Waals surface area (Å²) < 4.78 is 19.9. The summed E-state index contributed by atoms with van der Waals surface area (Å²) in [4.78, 5) is 0. The highest BCUT2D eigenvalue weighted by atomic mass is 35.5. The van der Waals surface area contributed by atoms with E-state index in [9.17, 15) is 4.39 Å². The molecule has 1 N–H and O–H groups in total. The predicted octanol–water partition coefficient (Wildman–Crippen LogP) is 4.42. The summed E-state index contributed by atoms with van der Waals surface area (Å²) in [5.41, 5.74) is 0. The zero-order valence-corrected chi connectivity index (χ0v) is 13.0. The fourth-order valence-corrected chi connectivity index (χ4v) is 3.89. The van der Waals surface area contributed by atoms with Crippen molar-refractivity contribution in [2.45, 2.75) is 44.6 Å². The predicted molar refractivity (Wildman–Crippen MR) is 83.4 cm³/mol. The molecule has 0 bridgehead atoms. The molecule has 1 aliphatic heterocycles. The van der Waals surface area contributed by atoms with Crippen molar-refractivity contribution >= 4 is 11.6 Å². The Bertz CT molecular complexity index is 470. The molecule has 3 rings (SSSR count). The molecule has 1 aliphatic carbocycles. The van der Waals surface area contributed by atoms with Crippen molar-refractivity contribution in [2.24, 2.45) is 11.8 Å². The van der Waals surface area contributed by atoms with Crippen LogP contribution < -0.4 is 10.1 Å². The number of hydrogen-bond donors (Lipinski definition) is 1. The lowest BCUT2D eigenvalue weighted by Gasteiger charge is -2.34. The van der Waals surface area contributed by atoms with Gasteiger partial charge in [-0.2, -0.15) is 0 Å². The molecule has 2 atom stereocenters. The molecule has 21 heavy (non-hydrogen) atoms. The third kappa shape index (κ3) is 3.51. The molecule has 1 saturated heterocycles. The van der Waals surface area contributed by atoms with Crippen LogP contribution in [0.15, 0.2) is 18.2 Å². The summed E-state index contributed by atoms with van der Waals surface area (Å²) in [5.74, 6) is 1.18. The maximum absolute atomic E-state index is 13.6. The van der Waals surface area contributed by atoms with Crippen LogP contribution in [0.3, 0.4) is 0 Å². The molecule has 4 heteroatoms. The van der Waals surface area contributed by atoms with E-state index in [-0.39, 0.29) is 11.1 Å². The first kappa shape index (κ1) is 15.1. The van der Waals surface area contributed by atoms with Gasteiger partial charge in [0.1, 0.15) is 22.7 Å². The van der Waals surface area contributed by atoms with Gasteiger partial charge in [-0.3, -0.25) is 0 Å². The Morgan fingerprint density at radius 3 is 2.67 bits per heavy atom. The Labute approximate surface area is 131 Å². The summed E-state index contributed by atoms with van der Waals surface area (Å²) in [7, 11) is 0. The Balaban J connectivity index is 1.79. The maximum Gasteiger partial charge on any atom is 0.145 e. The van der Waals surface area contributed by atoms with Crippen LogP contribution in [0.4, 0.5) is 4.39 Å². The van der Waals surface area contributed by atoms with Gasteiger partial charge in [0.15, 0.2) is 0 Å². The smallest absolute Gasteiger partial charge is 0.145 e. The minimum Gasteiger partial charge on any atom is -0.488 e. The van der Waals surface area contributed by atoms with Crippen LogP contribution in [-0.2, 0) is 0 Å². The van der Waals surface area contributed by atoms with E-state index in [0.717, 1.165) is 19.5 Å². The van der Waals surface area contributed by atoms with Gasteiger partial charge in [-0.1, -0.05) is 36.9 Å². The number of nitrogens with one attached hydrogen (secondary N) is 1. The molecule has 1 aromatic carbocycles. The standard InChI is InChI=1S/C17H23ClFNO/c18-16-14(19)7-4-8-15(16)21-17(13-9-10-20-11-13)12-5-2-1-3-6-12/h4,7-8,12-13,17,20H,1-3,5-6,9-11H2/t13-,17?/m0/s1. The molecule has 2 fully saturated rings. The van der Waals surface area contributed by atoms with Gasteiger partial charge in [0.25, 0.3) is 0 Å². The highest BCUT2D eigenvalue weighted by Gasteiger charge is 2.34. The van der Waals surface area contributed by atoms with Gasteiger partial charge in [-0.05, 0) is 43.9 Å². The Morgan fingerprint density at radius 2 is 1.95 bits per heavy atom. The number of halogens is 2. The number of benzene rings is 1. The number of ether oxygens (including phenoxy) is 1. The molecule has 0 amide bonds. The SMILES string of the molecule is Fc1cccc(OC(C2CCCCC2)[C@H]2CCNC2)c1Cl. The summed E-state index contributed by atoms with van der Waals surface area (Å²) >= 11 is 6.07. The Morgan fingerprint density at radius 1 is 1.14 bits per heavy atom. The molecule has 1 heterocycles. The molecular weight excluding hydrogens is 289 g/mol. The second-order valence-electron chi connectivity index (χ2n) is 6.29. The molecule has 1 unspecified atom stereocenters. The van der Waals surface area contributed by atoms with Crippen LogP contribution in [0.2, 0.25) is 5.02 Å². The first-order valence-electron chi connectivity index (χ1n) is 8.07. The molecule has 2 aliphatic rings. The van der Waals surface area contributed by atoms with Gasteiger partial charge >= 0.3 is 0 Å². The van der Waals surface area contributed by atoms with Crippen LogP contribution in [0.5, 0.6) is 5.75 Å². The largest absolute Gasteiger partial charge is 0.488 e. The minimum absolute atomic E-state index is 0.115. The molecule has 116 valence electrons. The van der Waals surface area contributed by atoms with E-state index in [1.165, 1.54) is 38.2 Å². The zero-order chi connectivity index (χ0) is 14.7. The highest BCUT2D eigenvalue weighted by molar-refractivity contribution is 6.32. The molecule has 1 aromatic rings. The van der Waals surface area contributed by atoms with E-state index in [0.29, 0.717) is 17.6 Å². The third-order valence-corrected chi connectivity index (χ3v) is 5.22. The molecule has 0 aromatic heterocycles. The lowest BCUT2D eigenvalue weighted by Crippen LogP contribution is -2.37. The van der Waals surface area contributed by atoms with Gasteiger partial charge in [0, 0.05) is 12.5 Å². The lowest BCUT2D eigenvalue weighted by molar-refractivity contribution is 0.0620. The van der Waals surface area contributed by atoms with Crippen LogP contribution >= 0.6 is 11.6 Å². The van der Waals surface area contributed by atoms with Crippen LogP contribution in [0, 0.1) is 17.7 Å². The van der Waals surface area contributed by atoms with E-state index in [4.69, 9.17) is 16.3 Å². The summed E-state index contributed by atoms with van der Waals surface area (Å²) in [6.45, 7) is 2.04. The van der Waals surface area contributed by atoms with Gasteiger partial charge in [0.05, 0.1) is 0 Å². The monoisotopic (exact) mass is 311 g/mol. The normalized spacial score (nSPS) is 25.0. The average molecular weight is 312 g/mol. The molecule has 0 spiro atoms. The zero-order valence-electron chi connectivity index (χ0n) is 12.3. The van der Waals surface area contributed by atoms with Crippen LogP contribution in [-0.4, -0.2) is 19.2 Å². The van der Waals surface area contributed by atoms with Crippen molar-refractivity contribution in [3.8, 4) is 5.75 Å². The maximum atomic E-state index is 13.6. The van der Waals surface area contributed by atoms with Gasteiger partial charge < -0.3 is 10.1 Å². The van der Waals surface area contributed by atoms with Gasteiger partial charge in [0.2, 0.25) is 0 Å². The second-order valence-corrected chi connectivity index (χ2v) is 6.66.